The zero-order valence-electron chi connectivity index (χ0n) is 17.7. The molecule has 0 aliphatic carbocycles. The molecule has 0 bridgehead atoms. The first kappa shape index (κ1) is 19.0. The molecule has 2 aromatic heterocycles. The molecule has 1 saturated heterocycles. The lowest BCUT2D eigenvalue weighted by Crippen LogP contribution is -2.38. The van der Waals surface area contributed by atoms with E-state index in [1.807, 2.05) is 25.7 Å². The number of morpholine rings is 1. The average Bonchev–Trinajstić information content (AvgIpc) is 3.11. The van der Waals surface area contributed by atoms with Crippen molar-refractivity contribution < 1.29 is 9.53 Å². The van der Waals surface area contributed by atoms with Crippen LogP contribution in [-0.4, -0.2) is 51.8 Å². The van der Waals surface area contributed by atoms with Gasteiger partial charge in [0.15, 0.2) is 0 Å². The Morgan fingerprint density at radius 1 is 1.07 bits per heavy atom. The van der Waals surface area contributed by atoms with Crippen molar-refractivity contribution in [3.05, 3.63) is 22.5 Å². The van der Waals surface area contributed by atoms with Crippen molar-refractivity contribution in [3.8, 4) is 0 Å². The molecule has 8 heteroatoms. The Morgan fingerprint density at radius 3 is 2.39 bits per heavy atom. The van der Waals surface area contributed by atoms with Crippen LogP contribution in [0.3, 0.4) is 0 Å². The molecular formula is C20H30N6O2. The van der Waals surface area contributed by atoms with Crippen LogP contribution in [0.25, 0.3) is 0 Å². The first-order valence-corrected chi connectivity index (χ1v) is 9.92. The van der Waals surface area contributed by atoms with E-state index in [4.69, 9.17) is 14.9 Å². The summed E-state index contributed by atoms with van der Waals surface area (Å²) in [6.45, 7) is 11.6. The lowest BCUT2D eigenvalue weighted by molar-refractivity contribution is -0.116. The summed E-state index contributed by atoms with van der Waals surface area (Å²) in [5.74, 6) is 1.87. The molecule has 2 aliphatic rings. The van der Waals surface area contributed by atoms with E-state index in [0.29, 0.717) is 19.6 Å². The number of hydrogen-bond acceptors (Lipinski definition) is 5. The summed E-state index contributed by atoms with van der Waals surface area (Å²) in [5.41, 5.74) is 4.14. The van der Waals surface area contributed by atoms with E-state index in [-0.39, 0.29) is 17.2 Å². The van der Waals surface area contributed by atoms with E-state index < -0.39 is 0 Å². The highest BCUT2D eigenvalue weighted by molar-refractivity contribution is 5.95. The van der Waals surface area contributed by atoms with E-state index in [1.165, 1.54) is 0 Å². The lowest BCUT2D eigenvalue weighted by atomic mass is 9.79. The van der Waals surface area contributed by atoms with Crippen molar-refractivity contribution in [1.29, 1.82) is 0 Å². The summed E-state index contributed by atoms with van der Waals surface area (Å²) in [6, 6.07) is 0. The predicted octanol–water partition coefficient (Wildman–Crippen LogP) is 2.07. The highest BCUT2D eigenvalue weighted by atomic mass is 16.5. The number of ether oxygens (including phenoxy) is 1. The molecule has 0 aromatic carbocycles. The molecule has 1 fully saturated rings. The molecular weight excluding hydrogens is 356 g/mol. The molecule has 0 spiro atoms. The smallest absolute Gasteiger partial charge is 0.226 e. The molecule has 4 heterocycles. The number of rotatable bonds is 2. The van der Waals surface area contributed by atoms with E-state index in [0.717, 1.165) is 47.2 Å². The average molecular weight is 387 g/mol. The number of carbonyl (C=O) groups excluding carboxylic acids is 1. The van der Waals surface area contributed by atoms with Gasteiger partial charge in [-0.05, 0) is 6.92 Å². The van der Waals surface area contributed by atoms with Crippen LogP contribution < -0.4 is 10.2 Å². The summed E-state index contributed by atoms with van der Waals surface area (Å²) >= 11 is 0. The Kier molecular flexibility index (Phi) is 4.49. The van der Waals surface area contributed by atoms with Crippen LogP contribution in [-0.2, 0) is 29.0 Å². The normalized spacial score (nSPS) is 20.3. The minimum Gasteiger partial charge on any atom is -0.378 e. The fraction of sp³-hybridized carbons (Fsp3) is 0.650. The number of fused-ring (bicyclic) bond motifs is 1. The second kappa shape index (κ2) is 6.62. The predicted molar refractivity (Wildman–Crippen MR) is 108 cm³/mol. The van der Waals surface area contributed by atoms with Gasteiger partial charge in [-0.1, -0.05) is 20.8 Å². The molecule has 8 nitrogen and oxygen atoms in total. The minimum absolute atomic E-state index is 0.0251. The van der Waals surface area contributed by atoms with Crippen molar-refractivity contribution in [2.45, 2.75) is 45.4 Å². The second-order valence-corrected chi connectivity index (χ2v) is 8.84. The highest BCUT2D eigenvalue weighted by Crippen LogP contribution is 2.46. The van der Waals surface area contributed by atoms with Gasteiger partial charge in [-0.2, -0.15) is 10.2 Å². The standard InChI is InChI=1S/C20H30N6O2/c1-12-15(19(25(6)22-12)26-7-9-28-10-8-26)13-11-14(27)21-18-16(13)17(20(2,3)4)23-24(18)5/h13H,7-11H2,1-6H3,(H,21,27). The highest BCUT2D eigenvalue weighted by Gasteiger charge is 2.39. The molecule has 4 rings (SSSR count). The zero-order valence-corrected chi connectivity index (χ0v) is 17.7. The molecule has 2 aliphatic heterocycles. The molecule has 2 aromatic rings. The van der Waals surface area contributed by atoms with Crippen molar-refractivity contribution in [3.63, 3.8) is 0 Å². The van der Waals surface area contributed by atoms with Crippen LogP contribution in [0.5, 0.6) is 0 Å². The molecule has 152 valence electrons. The molecule has 28 heavy (non-hydrogen) atoms. The maximum absolute atomic E-state index is 12.6. The number of hydrogen-bond donors (Lipinski definition) is 1. The van der Waals surface area contributed by atoms with Gasteiger partial charge in [0.2, 0.25) is 5.91 Å². The number of anilines is 2. The summed E-state index contributed by atoms with van der Waals surface area (Å²) in [7, 11) is 3.88. The van der Waals surface area contributed by atoms with Gasteiger partial charge in [-0.25, -0.2) is 0 Å². The van der Waals surface area contributed by atoms with Gasteiger partial charge < -0.3 is 15.0 Å². The third kappa shape index (κ3) is 2.99. The van der Waals surface area contributed by atoms with Crippen molar-refractivity contribution in [1.82, 2.24) is 19.6 Å². The second-order valence-electron chi connectivity index (χ2n) is 8.84. The van der Waals surface area contributed by atoms with Gasteiger partial charge in [-0.15, -0.1) is 0 Å². The maximum atomic E-state index is 12.6. The first-order chi connectivity index (χ1) is 13.2. The molecule has 0 saturated carbocycles. The largest absolute Gasteiger partial charge is 0.378 e. The third-order valence-corrected chi connectivity index (χ3v) is 5.69. The van der Waals surface area contributed by atoms with E-state index >= 15 is 0 Å². The maximum Gasteiger partial charge on any atom is 0.226 e. The first-order valence-electron chi connectivity index (χ1n) is 9.92. The third-order valence-electron chi connectivity index (χ3n) is 5.69. The van der Waals surface area contributed by atoms with Gasteiger partial charge >= 0.3 is 0 Å². The van der Waals surface area contributed by atoms with Crippen LogP contribution in [0.1, 0.15) is 55.6 Å². The van der Waals surface area contributed by atoms with Crippen molar-refractivity contribution in [2.24, 2.45) is 14.1 Å². The number of carbonyl (C=O) groups is 1. The van der Waals surface area contributed by atoms with E-state index in [2.05, 4.69) is 31.0 Å². The molecule has 1 amide bonds. The summed E-state index contributed by atoms with van der Waals surface area (Å²) < 4.78 is 9.30. The van der Waals surface area contributed by atoms with Crippen molar-refractivity contribution >= 4 is 17.5 Å². The topological polar surface area (TPSA) is 77.2 Å². The number of nitrogens with one attached hydrogen (secondary N) is 1. The Morgan fingerprint density at radius 2 is 1.75 bits per heavy atom. The van der Waals surface area contributed by atoms with Gasteiger partial charge in [0.05, 0.1) is 24.6 Å². The molecule has 0 radical (unpaired) electrons. The monoisotopic (exact) mass is 386 g/mol. The van der Waals surface area contributed by atoms with Crippen LogP contribution in [0.4, 0.5) is 11.6 Å². The SMILES string of the molecule is Cc1nn(C)c(N2CCOCC2)c1C1CC(=O)Nc2c1c(C(C)(C)C)nn2C. The Labute approximate surface area is 165 Å². The molecule has 1 N–H and O–H groups in total. The van der Waals surface area contributed by atoms with E-state index in [1.54, 1.807) is 4.68 Å². The number of nitrogens with zero attached hydrogens (tertiary/aromatic N) is 5. The fourth-order valence-corrected chi connectivity index (χ4v) is 4.51. The van der Waals surface area contributed by atoms with Gasteiger partial charge in [0, 0.05) is 56.1 Å². The number of aromatic nitrogens is 4. The van der Waals surface area contributed by atoms with Crippen LogP contribution in [0, 0.1) is 6.92 Å². The van der Waals surface area contributed by atoms with Gasteiger partial charge in [0.25, 0.3) is 0 Å². The number of amides is 1. The minimum atomic E-state index is -0.124. The fourth-order valence-electron chi connectivity index (χ4n) is 4.51. The van der Waals surface area contributed by atoms with Gasteiger partial charge in [-0.3, -0.25) is 14.2 Å². The van der Waals surface area contributed by atoms with Crippen LogP contribution >= 0.6 is 0 Å². The van der Waals surface area contributed by atoms with Crippen LogP contribution in [0.2, 0.25) is 0 Å². The lowest BCUT2D eigenvalue weighted by Gasteiger charge is -2.33. The Bertz CT molecular complexity index is 914. The Balaban J connectivity index is 1.91. The number of aryl methyl sites for hydroxylation is 3. The summed E-state index contributed by atoms with van der Waals surface area (Å²) in [4.78, 5) is 14.9. The summed E-state index contributed by atoms with van der Waals surface area (Å²) in [5, 5.41) is 12.6. The quantitative estimate of drug-likeness (QED) is 0.855. The zero-order chi connectivity index (χ0) is 20.2. The van der Waals surface area contributed by atoms with E-state index in [9.17, 15) is 4.79 Å². The van der Waals surface area contributed by atoms with Gasteiger partial charge in [0.1, 0.15) is 11.6 Å². The molecule has 1 atom stereocenters. The summed E-state index contributed by atoms with van der Waals surface area (Å²) in [6.07, 6.45) is 0.408. The van der Waals surface area contributed by atoms with Crippen LogP contribution in [0.15, 0.2) is 0 Å². The molecule has 1 unspecified atom stereocenters. The Hall–Kier alpha value is -2.35. The van der Waals surface area contributed by atoms with Crippen molar-refractivity contribution in [2.75, 3.05) is 36.5 Å².